The predicted octanol–water partition coefficient (Wildman–Crippen LogP) is 3.40. The Kier molecular flexibility index (Phi) is 5.89. The largest absolute Gasteiger partial charge is 0.350 e. The van der Waals surface area contributed by atoms with Crippen LogP contribution in [0.1, 0.15) is 51.9 Å². The molecule has 1 atom stereocenters. The summed E-state index contributed by atoms with van der Waals surface area (Å²) in [5.41, 5.74) is 0.522. The highest BCUT2D eigenvalue weighted by atomic mass is 35.5. The Hall–Kier alpha value is -0.500. The van der Waals surface area contributed by atoms with Gasteiger partial charge >= 0.3 is 0 Å². The molecule has 0 spiro atoms. The van der Waals surface area contributed by atoms with Crippen molar-refractivity contribution in [1.29, 1.82) is 0 Å². The average molecular weight is 244 g/mol. The van der Waals surface area contributed by atoms with E-state index in [4.69, 9.17) is 11.6 Å². The zero-order valence-electron chi connectivity index (χ0n) is 10.1. The molecular formula is C13H22ClNO. The molecule has 0 aliphatic heterocycles. The third-order valence-electron chi connectivity index (χ3n) is 3.15. The summed E-state index contributed by atoms with van der Waals surface area (Å²) in [7, 11) is 0. The molecule has 92 valence electrons. The van der Waals surface area contributed by atoms with E-state index in [1.807, 2.05) is 0 Å². The van der Waals surface area contributed by atoms with Gasteiger partial charge in [-0.1, -0.05) is 39.2 Å². The monoisotopic (exact) mass is 243 g/mol. The van der Waals surface area contributed by atoms with Crippen molar-refractivity contribution < 1.29 is 4.79 Å². The fraction of sp³-hybridized carbons (Fsp3) is 0.769. The second-order valence-electron chi connectivity index (χ2n) is 4.59. The number of halogens is 1. The van der Waals surface area contributed by atoms with Crippen molar-refractivity contribution in [2.45, 2.75) is 63.3 Å². The first-order chi connectivity index (χ1) is 7.65. The minimum atomic E-state index is -0.214. The third-order valence-corrected chi connectivity index (χ3v) is 3.63. The number of carbonyl (C=O) groups excluding carboxylic acids is 1. The average Bonchev–Trinajstić information content (AvgIpc) is 2.29. The number of nitrogens with one attached hydrogen (secondary N) is 1. The van der Waals surface area contributed by atoms with Crippen LogP contribution in [0.5, 0.6) is 0 Å². The van der Waals surface area contributed by atoms with Crippen molar-refractivity contribution in [1.82, 2.24) is 5.32 Å². The molecule has 3 heteroatoms. The van der Waals surface area contributed by atoms with Gasteiger partial charge in [0.05, 0.1) is 5.38 Å². The van der Waals surface area contributed by atoms with E-state index in [0.29, 0.717) is 11.6 Å². The van der Waals surface area contributed by atoms with Crippen LogP contribution >= 0.6 is 11.6 Å². The lowest BCUT2D eigenvalue weighted by Gasteiger charge is -2.24. The lowest BCUT2D eigenvalue weighted by Crippen LogP contribution is -2.38. The van der Waals surface area contributed by atoms with Crippen molar-refractivity contribution in [3.05, 3.63) is 12.2 Å². The number of hydrogen-bond donors (Lipinski definition) is 1. The fourth-order valence-corrected chi connectivity index (χ4v) is 2.41. The quantitative estimate of drug-likeness (QED) is 0.582. The van der Waals surface area contributed by atoms with Gasteiger partial charge < -0.3 is 5.32 Å². The van der Waals surface area contributed by atoms with E-state index >= 15 is 0 Å². The maximum Gasteiger partial charge on any atom is 0.248 e. The molecule has 1 rings (SSSR count). The Bertz CT molecular complexity index is 246. The smallest absolute Gasteiger partial charge is 0.248 e. The molecule has 0 heterocycles. The first-order valence-corrected chi connectivity index (χ1v) is 6.72. The molecule has 1 fully saturated rings. The molecule has 2 nitrogen and oxygen atoms in total. The summed E-state index contributed by atoms with van der Waals surface area (Å²) in [5.74, 6) is -0.0552. The second-order valence-corrected chi connectivity index (χ2v) is 5.12. The molecule has 0 radical (unpaired) electrons. The van der Waals surface area contributed by atoms with Crippen LogP contribution in [0, 0.1) is 0 Å². The number of amides is 1. The zero-order valence-corrected chi connectivity index (χ0v) is 10.9. The minimum absolute atomic E-state index is 0.0552. The van der Waals surface area contributed by atoms with Gasteiger partial charge in [0.1, 0.15) is 0 Å². The fourth-order valence-electron chi connectivity index (χ4n) is 2.09. The van der Waals surface area contributed by atoms with E-state index in [1.165, 1.54) is 19.3 Å². The van der Waals surface area contributed by atoms with Crippen LogP contribution in [-0.2, 0) is 4.79 Å². The summed E-state index contributed by atoms with van der Waals surface area (Å²) < 4.78 is 0. The molecule has 0 aromatic heterocycles. The van der Waals surface area contributed by atoms with Gasteiger partial charge in [0.15, 0.2) is 0 Å². The van der Waals surface area contributed by atoms with Crippen molar-refractivity contribution in [3.8, 4) is 0 Å². The molecule has 16 heavy (non-hydrogen) atoms. The molecular weight excluding hydrogens is 222 g/mol. The Morgan fingerprint density at radius 1 is 1.44 bits per heavy atom. The van der Waals surface area contributed by atoms with Crippen molar-refractivity contribution in [2.75, 3.05) is 0 Å². The maximum absolute atomic E-state index is 11.8. The first kappa shape index (κ1) is 13.6. The van der Waals surface area contributed by atoms with E-state index in [0.717, 1.165) is 25.7 Å². The maximum atomic E-state index is 11.8. The topological polar surface area (TPSA) is 29.1 Å². The van der Waals surface area contributed by atoms with Crippen LogP contribution in [0.2, 0.25) is 0 Å². The lowest BCUT2D eigenvalue weighted by atomic mass is 9.95. The predicted molar refractivity (Wildman–Crippen MR) is 68.7 cm³/mol. The van der Waals surface area contributed by atoms with Gasteiger partial charge in [0, 0.05) is 11.6 Å². The third kappa shape index (κ3) is 4.17. The Morgan fingerprint density at radius 2 is 2.06 bits per heavy atom. The molecule has 1 N–H and O–H groups in total. The standard InChI is InChI=1S/C13H22ClNO/c1-3-7-12(14)10(2)13(16)15-11-8-5-4-6-9-11/h11-12H,2-9H2,1H3,(H,15,16). The van der Waals surface area contributed by atoms with Crippen LogP contribution < -0.4 is 5.32 Å². The van der Waals surface area contributed by atoms with E-state index < -0.39 is 0 Å². The molecule has 1 unspecified atom stereocenters. The van der Waals surface area contributed by atoms with Gasteiger partial charge in [-0.05, 0) is 19.3 Å². The number of carbonyl (C=O) groups is 1. The number of alkyl halides is 1. The molecule has 1 saturated carbocycles. The summed E-state index contributed by atoms with van der Waals surface area (Å²) in [6.07, 6.45) is 7.72. The Morgan fingerprint density at radius 3 is 2.62 bits per heavy atom. The normalized spacial score (nSPS) is 19.1. The molecule has 1 aliphatic rings. The SMILES string of the molecule is C=C(C(=O)NC1CCCCC1)C(Cl)CCC. The Balaban J connectivity index is 2.35. The highest BCUT2D eigenvalue weighted by Crippen LogP contribution is 2.19. The summed E-state index contributed by atoms with van der Waals surface area (Å²) in [6.45, 7) is 5.85. The molecule has 0 aromatic carbocycles. The van der Waals surface area contributed by atoms with Crippen LogP contribution in [0.3, 0.4) is 0 Å². The highest BCUT2D eigenvalue weighted by Gasteiger charge is 2.20. The molecule has 0 saturated heterocycles. The minimum Gasteiger partial charge on any atom is -0.350 e. The van der Waals surface area contributed by atoms with E-state index in [2.05, 4.69) is 18.8 Å². The van der Waals surface area contributed by atoms with Crippen molar-refractivity contribution >= 4 is 17.5 Å². The van der Waals surface area contributed by atoms with Crippen LogP contribution in [0.4, 0.5) is 0 Å². The Labute approximate surface area is 103 Å². The lowest BCUT2D eigenvalue weighted by molar-refractivity contribution is -0.118. The van der Waals surface area contributed by atoms with Crippen LogP contribution in [0.15, 0.2) is 12.2 Å². The van der Waals surface area contributed by atoms with E-state index in [-0.39, 0.29) is 11.3 Å². The van der Waals surface area contributed by atoms with Crippen molar-refractivity contribution in [3.63, 3.8) is 0 Å². The van der Waals surface area contributed by atoms with Crippen molar-refractivity contribution in [2.24, 2.45) is 0 Å². The molecule has 0 bridgehead atoms. The zero-order chi connectivity index (χ0) is 12.0. The van der Waals surface area contributed by atoms with Gasteiger partial charge in [-0.25, -0.2) is 0 Å². The van der Waals surface area contributed by atoms with E-state index in [1.54, 1.807) is 0 Å². The number of rotatable bonds is 5. The van der Waals surface area contributed by atoms with Gasteiger partial charge in [0.25, 0.3) is 0 Å². The highest BCUT2D eigenvalue weighted by molar-refractivity contribution is 6.25. The molecule has 0 aromatic rings. The summed E-state index contributed by atoms with van der Waals surface area (Å²) >= 11 is 6.08. The van der Waals surface area contributed by atoms with Gasteiger partial charge in [0.2, 0.25) is 5.91 Å². The van der Waals surface area contributed by atoms with Gasteiger partial charge in [-0.3, -0.25) is 4.79 Å². The van der Waals surface area contributed by atoms with Gasteiger partial charge in [-0.15, -0.1) is 11.6 Å². The summed E-state index contributed by atoms with van der Waals surface area (Å²) in [4.78, 5) is 11.8. The molecule has 1 aliphatic carbocycles. The summed E-state index contributed by atoms with van der Waals surface area (Å²) in [5, 5.41) is 2.82. The first-order valence-electron chi connectivity index (χ1n) is 6.29. The second kappa shape index (κ2) is 6.95. The van der Waals surface area contributed by atoms with Crippen LogP contribution in [0.25, 0.3) is 0 Å². The van der Waals surface area contributed by atoms with Crippen LogP contribution in [-0.4, -0.2) is 17.3 Å². The number of hydrogen-bond acceptors (Lipinski definition) is 1. The molecule has 1 amide bonds. The summed E-state index contributed by atoms with van der Waals surface area (Å²) in [6, 6.07) is 0.337. The van der Waals surface area contributed by atoms with Gasteiger partial charge in [-0.2, -0.15) is 0 Å². The van der Waals surface area contributed by atoms with E-state index in [9.17, 15) is 4.79 Å².